The molecule has 3 saturated heterocycles. The molecule has 0 aliphatic carbocycles. The maximum Gasteiger partial charge on any atom is 0.186 e. The van der Waals surface area contributed by atoms with Crippen LogP contribution in [0.1, 0.15) is 0 Å². The maximum atomic E-state index is 10.3. The number of rotatable bonds is 4. The van der Waals surface area contributed by atoms with Gasteiger partial charge in [0, 0.05) is 0 Å². The SMILES string of the molecule is O[C@@H]1[C@@H](O[C@@H]2CO[C@@H](O)[C@H](O)[C@H]2O)OC[C@@H](O[C@H]2OC[C@@H](O)[C@H](O)[C@H]2O)[C@H]1O. The van der Waals surface area contributed by atoms with Gasteiger partial charge >= 0.3 is 0 Å². The third-order valence-corrected chi connectivity index (χ3v) is 4.96. The summed E-state index contributed by atoms with van der Waals surface area (Å²) >= 11 is 0. The Kier molecular flexibility index (Phi) is 7.20. The molecular formula is C15H26O13. The van der Waals surface area contributed by atoms with Crippen molar-refractivity contribution in [2.24, 2.45) is 0 Å². The van der Waals surface area contributed by atoms with E-state index in [9.17, 15) is 40.9 Å². The largest absolute Gasteiger partial charge is 0.388 e. The Hall–Kier alpha value is -0.520. The smallest absolute Gasteiger partial charge is 0.186 e. The van der Waals surface area contributed by atoms with Crippen LogP contribution in [0.25, 0.3) is 0 Å². The van der Waals surface area contributed by atoms with E-state index in [-0.39, 0.29) is 19.8 Å². The normalized spacial score (nSPS) is 53.1. The van der Waals surface area contributed by atoms with Crippen LogP contribution in [0.4, 0.5) is 0 Å². The first kappa shape index (κ1) is 22.2. The van der Waals surface area contributed by atoms with Crippen molar-refractivity contribution in [1.82, 2.24) is 0 Å². The fraction of sp³-hybridized carbons (Fsp3) is 1.00. The average Bonchev–Trinajstić information content (AvgIpc) is 2.68. The topological polar surface area (TPSA) is 208 Å². The number of ether oxygens (including phenoxy) is 5. The van der Waals surface area contributed by atoms with Crippen LogP contribution in [0, 0.1) is 0 Å². The summed E-state index contributed by atoms with van der Waals surface area (Å²) in [6.45, 7) is -0.887. The quantitative estimate of drug-likeness (QED) is 0.216. The molecule has 13 heteroatoms. The van der Waals surface area contributed by atoms with Crippen LogP contribution in [-0.4, -0.2) is 134 Å². The zero-order valence-corrected chi connectivity index (χ0v) is 14.7. The van der Waals surface area contributed by atoms with E-state index in [0.717, 1.165) is 0 Å². The van der Waals surface area contributed by atoms with E-state index < -0.39 is 73.8 Å². The minimum atomic E-state index is -1.63. The molecular weight excluding hydrogens is 388 g/mol. The van der Waals surface area contributed by atoms with Gasteiger partial charge in [0.15, 0.2) is 18.9 Å². The van der Waals surface area contributed by atoms with Crippen molar-refractivity contribution in [3.05, 3.63) is 0 Å². The monoisotopic (exact) mass is 414 g/mol. The third-order valence-electron chi connectivity index (χ3n) is 4.96. The second-order valence-electron chi connectivity index (χ2n) is 6.99. The van der Waals surface area contributed by atoms with Crippen LogP contribution in [0.2, 0.25) is 0 Å². The molecule has 3 aliphatic heterocycles. The molecule has 0 aromatic heterocycles. The van der Waals surface area contributed by atoms with E-state index in [1.165, 1.54) is 0 Å². The fourth-order valence-electron chi connectivity index (χ4n) is 3.15. The van der Waals surface area contributed by atoms with Crippen LogP contribution in [-0.2, 0) is 23.7 Å². The molecule has 0 radical (unpaired) electrons. The molecule has 3 fully saturated rings. The van der Waals surface area contributed by atoms with Gasteiger partial charge in [-0.25, -0.2) is 0 Å². The van der Waals surface area contributed by atoms with Crippen molar-refractivity contribution in [2.75, 3.05) is 19.8 Å². The van der Waals surface area contributed by atoms with E-state index in [1.807, 2.05) is 0 Å². The third kappa shape index (κ3) is 4.46. The minimum Gasteiger partial charge on any atom is -0.388 e. The molecule has 0 bridgehead atoms. The highest BCUT2D eigenvalue weighted by Crippen LogP contribution is 2.26. The minimum absolute atomic E-state index is 0.287. The molecule has 0 amide bonds. The Morgan fingerprint density at radius 2 is 0.964 bits per heavy atom. The first-order chi connectivity index (χ1) is 13.2. The van der Waals surface area contributed by atoms with E-state index in [2.05, 4.69) is 0 Å². The van der Waals surface area contributed by atoms with Crippen LogP contribution >= 0.6 is 0 Å². The van der Waals surface area contributed by atoms with E-state index in [1.54, 1.807) is 0 Å². The lowest BCUT2D eigenvalue weighted by atomic mass is 10.0. The van der Waals surface area contributed by atoms with Gasteiger partial charge in [-0.3, -0.25) is 0 Å². The Morgan fingerprint density at radius 3 is 1.57 bits per heavy atom. The molecule has 0 aromatic rings. The van der Waals surface area contributed by atoms with E-state index in [0.29, 0.717) is 0 Å². The summed E-state index contributed by atoms with van der Waals surface area (Å²) in [7, 11) is 0. The lowest BCUT2D eigenvalue weighted by Gasteiger charge is -2.43. The Bertz CT molecular complexity index is 464. The molecule has 8 N–H and O–H groups in total. The van der Waals surface area contributed by atoms with Gasteiger partial charge in [-0.2, -0.15) is 0 Å². The molecule has 3 heterocycles. The van der Waals surface area contributed by atoms with Gasteiger partial charge in [0.1, 0.15) is 54.9 Å². The zero-order valence-electron chi connectivity index (χ0n) is 14.7. The van der Waals surface area contributed by atoms with Gasteiger partial charge in [0.2, 0.25) is 0 Å². The van der Waals surface area contributed by atoms with Crippen molar-refractivity contribution in [1.29, 1.82) is 0 Å². The predicted octanol–water partition coefficient (Wildman–Crippen LogP) is -5.66. The summed E-state index contributed by atoms with van der Waals surface area (Å²) in [4.78, 5) is 0. The summed E-state index contributed by atoms with van der Waals surface area (Å²) in [6, 6.07) is 0. The van der Waals surface area contributed by atoms with Crippen molar-refractivity contribution in [3.63, 3.8) is 0 Å². The predicted molar refractivity (Wildman–Crippen MR) is 83.2 cm³/mol. The first-order valence-electron chi connectivity index (χ1n) is 8.81. The zero-order chi connectivity index (χ0) is 20.6. The Labute approximate surface area is 159 Å². The highest BCUT2D eigenvalue weighted by atomic mass is 16.7. The van der Waals surface area contributed by atoms with E-state index >= 15 is 0 Å². The highest BCUT2D eigenvalue weighted by Gasteiger charge is 2.47. The van der Waals surface area contributed by atoms with Gasteiger partial charge in [0.05, 0.1) is 19.8 Å². The highest BCUT2D eigenvalue weighted by molar-refractivity contribution is 4.89. The summed E-state index contributed by atoms with van der Waals surface area (Å²) in [6.07, 6.45) is -17.3. The lowest BCUT2D eigenvalue weighted by Crippen LogP contribution is -2.61. The molecule has 0 saturated carbocycles. The molecule has 0 spiro atoms. The molecule has 13 nitrogen and oxygen atoms in total. The van der Waals surface area contributed by atoms with Gasteiger partial charge < -0.3 is 64.5 Å². The summed E-state index contributed by atoms with van der Waals surface area (Å²) in [5, 5.41) is 78.3. The van der Waals surface area contributed by atoms with Crippen molar-refractivity contribution in [3.8, 4) is 0 Å². The van der Waals surface area contributed by atoms with Crippen molar-refractivity contribution < 1.29 is 64.5 Å². The first-order valence-corrected chi connectivity index (χ1v) is 8.81. The van der Waals surface area contributed by atoms with Crippen LogP contribution in [0.3, 0.4) is 0 Å². The number of hydrogen-bond donors (Lipinski definition) is 8. The van der Waals surface area contributed by atoms with Crippen molar-refractivity contribution >= 4 is 0 Å². The van der Waals surface area contributed by atoms with Crippen LogP contribution < -0.4 is 0 Å². The van der Waals surface area contributed by atoms with Crippen molar-refractivity contribution in [2.45, 2.75) is 73.8 Å². The van der Waals surface area contributed by atoms with Crippen LogP contribution in [0.5, 0.6) is 0 Å². The standard InChI is InChI=1S/C15H26O13/c16-4-1-25-14(11(21)7(4)17)28-6-3-26-15(12(22)9(6)19)27-5-2-24-13(23)10(20)8(5)18/h4-23H,1-3H2/t4-,5-,6-,7+,8+,9-,10-,11-,12+,13-,14-,15-/m1/s1. The second-order valence-corrected chi connectivity index (χ2v) is 6.99. The van der Waals surface area contributed by atoms with Gasteiger partial charge in [0.25, 0.3) is 0 Å². The maximum absolute atomic E-state index is 10.3. The molecule has 0 unspecified atom stereocenters. The summed E-state index contributed by atoms with van der Waals surface area (Å²) in [5.41, 5.74) is 0. The number of hydrogen-bond acceptors (Lipinski definition) is 13. The van der Waals surface area contributed by atoms with Crippen LogP contribution in [0.15, 0.2) is 0 Å². The molecule has 3 aliphatic rings. The fourth-order valence-corrected chi connectivity index (χ4v) is 3.15. The summed E-state index contributed by atoms with van der Waals surface area (Å²) in [5.74, 6) is 0. The Balaban J connectivity index is 1.54. The number of aliphatic hydroxyl groups excluding tert-OH is 8. The van der Waals surface area contributed by atoms with Gasteiger partial charge in [-0.05, 0) is 0 Å². The molecule has 164 valence electrons. The molecule has 3 rings (SSSR count). The van der Waals surface area contributed by atoms with Gasteiger partial charge in [-0.15, -0.1) is 0 Å². The van der Waals surface area contributed by atoms with E-state index in [4.69, 9.17) is 23.7 Å². The van der Waals surface area contributed by atoms with Gasteiger partial charge in [-0.1, -0.05) is 0 Å². The molecule has 0 aromatic carbocycles. The second kappa shape index (κ2) is 9.09. The summed E-state index contributed by atoms with van der Waals surface area (Å²) < 4.78 is 25.9. The lowest BCUT2D eigenvalue weighted by molar-refractivity contribution is -0.346. The molecule has 12 atom stereocenters. The Morgan fingerprint density at radius 1 is 0.500 bits per heavy atom. The average molecular weight is 414 g/mol. The number of aliphatic hydroxyl groups is 8. The molecule has 28 heavy (non-hydrogen) atoms.